The molecule has 0 radical (unpaired) electrons. The highest BCUT2D eigenvalue weighted by Gasteiger charge is 2.43. The zero-order valence-electron chi connectivity index (χ0n) is 15.5. The predicted octanol–water partition coefficient (Wildman–Crippen LogP) is 6.87. The lowest BCUT2D eigenvalue weighted by Crippen LogP contribution is -2.08. The molecule has 0 aromatic heterocycles. The summed E-state index contributed by atoms with van der Waals surface area (Å²) in [7, 11) is 0. The van der Waals surface area contributed by atoms with Gasteiger partial charge < -0.3 is 0 Å². The fourth-order valence-corrected chi connectivity index (χ4v) is 4.85. The summed E-state index contributed by atoms with van der Waals surface area (Å²) >= 11 is 0. The van der Waals surface area contributed by atoms with E-state index in [1.165, 1.54) is 50.4 Å². The van der Waals surface area contributed by atoms with E-state index in [1.54, 1.807) is 0 Å². The van der Waals surface area contributed by atoms with Gasteiger partial charge >= 0.3 is 0 Å². The van der Waals surface area contributed by atoms with Gasteiger partial charge in [0.25, 0.3) is 0 Å². The molecule has 4 aromatic carbocycles. The number of hydrogen-bond donors (Lipinski definition) is 0. The van der Waals surface area contributed by atoms with E-state index in [9.17, 15) is 0 Å². The maximum atomic E-state index is 2.47. The fourth-order valence-electron chi connectivity index (χ4n) is 4.85. The van der Waals surface area contributed by atoms with E-state index in [1.807, 2.05) is 0 Å². The number of allylic oxidation sites excluding steroid dienone is 1. The van der Waals surface area contributed by atoms with Crippen LogP contribution < -0.4 is 0 Å². The lowest BCUT2D eigenvalue weighted by atomic mass is 9.81. The highest BCUT2D eigenvalue weighted by molar-refractivity contribution is 5.91. The van der Waals surface area contributed by atoms with Crippen molar-refractivity contribution in [2.75, 3.05) is 0 Å². The van der Waals surface area contributed by atoms with E-state index < -0.39 is 0 Å². The Morgan fingerprint density at radius 3 is 1.71 bits per heavy atom. The Kier molecular flexibility index (Phi) is 3.33. The zero-order chi connectivity index (χ0) is 18.5. The van der Waals surface area contributed by atoms with Crippen molar-refractivity contribution in [2.45, 2.75) is 5.92 Å². The van der Waals surface area contributed by atoms with Crippen molar-refractivity contribution in [3.8, 4) is 11.1 Å². The van der Waals surface area contributed by atoms with Gasteiger partial charge in [0.1, 0.15) is 0 Å². The SMILES string of the molecule is C1=C(c2ccccc2)c2ccccc2C1[C+]1c2ccccc2-c2ccccc21. The van der Waals surface area contributed by atoms with Gasteiger partial charge in [-0.25, -0.2) is 0 Å². The highest BCUT2D eigenvalue weighted by Crippen LogP contribution is 2.54. The number of hydrogen-bond acceptors (Lipinski definition) is 0. The Morgan fingerprint density at radius 1 is 0.500 bits per heavy atom. The summed E-state index contributed by atoms with van der Waals surface area (Å²) in [6.07, 6.45) is 2.47. The summed E-state index contributed by atoms with van der Waals surface area (Å²) in [5.41, 5.74) is 10.8. The molecule has 0 saturated carbocycles. The zero-order valence-corrected chi connectivity index (χ0v) is 15.5. The van der Waals surface area contributed by atoms with Crippen molar-refractivity contribution >= 4 is 5.57 Å². The minimum absolute atomic E-state index is 0.274. The molecule has 130 valence electrons. The monoisotopic (exact) mass is 355 g/mol. The van der Waals surface area contributed by atoms with E-state index in [2.05, 4.69) is 109 Å². The summed E-state index contributed by atoms with van der Waals surface area (Å²) in [5.74, 6) is 1.71. The Morgan fingerprint density at radius 2 is 1.04 bits per heavy atom. The van der Waals surface area contributed by atoms with Gasteiger partial charge in [-0.05, 0) is 58.7 Å². The van der Waals surface area contributed by atoms with Crippen molar-refractivity contribution in [1.29, 1.82) is 0 Å². The molecule has 0 spiro atoms. The maximum absolute atomic E-state index is 2.47. The molecular weight excluding hydrogens is 336 g/mol. The molecule has 0 aliphatic heterocycles. The van der Waals surface area contributed by atoms with Gasteiger partial charge in [0.15, 0.2) is 0 Å². The lowest BCUT2D eigenvalue weighted by molar-refractivity contribution is 0.935. The maximum Gasteiger partial charge on any atom is 0.0926 e. The van der Waals surface area contributed by atoms with E-state index in [4.69, 9.17) is 0 Å². The van der Waals surface area contributed by atoms with Crippen molar-refractivity contribution in [3.63, 3.8) is 0 Å². The van der Waals surface area contributed by atoms with Gasteiger partial charge in [0, 0.05) is 12.1 Å². The Hall–Kier alpha value is -3.51. The summed E-state index contributed by atoms with van der Waals surface area (Å²) in [4.78, 5) is 0. The largest absolute Gasteiger partial charge is 0.0926 e. The van der Waals surface area contributed by atoms with Crippen LogP contribution in [0.25, 0.3) is 16.7 Å². The van der Waals surface area contributed by atoms with E-state index in [-0.39, 0.29) is 5.92 Å². The lowest BCUT2D eigenvalue weighted by Gasteiger charge is -2.16. The minimum Gasteiger partial charge on any atom is -0.0622 e. The van der Waals surface area contributed by atoms with Gasteiger partial charge in [-0.1, -0.05) is 60.7 Å². The first kappa shape index (κ1) is 15.5. The van der Waals surface area contributed by atoms with Gasteiger partial charge in [-0.15, -0.1) is 0 Å². The van der Waals surface area contributed by atoms with Crippen LogP contribution in [-0.2, 0) is 0 Å². The first-order valence-electron chi connectivity index (χ1n) is 9.84. The highest BCUT2D eigenvalue weighted by atomic mass is 14.4. The molecule has 28 heavy (non-hydrogen) atoms. The second kappa shape index (κ2) is 6.00. The van der Waals surface area contributed by atoms with Gasteiger partial charge in [-0.2, -0.15) is 0 Å². The quantitative estimate of drug-likeness (QED) is 0.344. The molecule has 1 atom stereocenters. The molecule has 0 saturated heterocycles. The molecule has 0 bridgehead atoms. The molecule has 4 aromatic rings. The fraction of sp³-hybridized carbons (Fsp3) is 0.0357. The number of benzene rings is 4. The molecule has 0 fully saturated rings. The molecule has 0 N–H and O–H groups in total. The molecular formula is C28H19+. The number of fused-ring (bicyclic) bond motifs is 4. The Balaban J connectivity index is 1.58. The van der Waals surface area contributed by atoms with Crippen LogP contribution >= 0.6 is 0 Å². The molecule has 2 aliphatic rings. The second-order valence-electron chi connectivity index (χ2n) is 7.52. The molecule has 2 aliphatic carbocycles. The third-order valence-corrected chi connectivity index (χ3v) is 6.04. The van der Waals surface area contributed by atoms with Crippen LogP contribution in [0.5, 0.6) is 0 Å². The molecule has 0 nitrogen and oxygen atoms in total. The van der Waals surface area contributed by atoms with Crippen LogP contribution in [0.2, 0.25) is 0 Å². The van der Waals surface area contributed by atoms with Gasteiger partial charge in [0.2, 0.25) is 0 Å². The van der Waals surface area contributed by atoms with E-state index >= 15 is 0 Å². The van der Waals surface area contributed by atoms with Gasteiger partial charge in [0.05, 0.1) is 34.1 Å². The van der Waals surface area contributed by atoms with Crippen molar-refractivity contribution in [1.82, 2.24) is 0 Å². The standard InChI is InChI=1S/C28H19/c1-2-10-19(11-3-1)26-18-27(23-15-5-4-14-22(23)26)28-24-16-8-6-12-20(24)21-13-7-9-17-25(21)28/h1-18,27H/q+1. The molecule has 1 unspecified atom stereocenters. The molecule has 6 rings (SSSR count). The minimum atomic E-state index is 0.274. The smallest absolute Gasteiger partial charge is 0.0622 e. The van der Waals surface area contributed by atoms with Gasteiger partial charge in [-0.3, -0.25) is 0 Å². The van der Waals surface area contributed by atoms with Crippen molar-refractivity contribution < 1.29 is 0 Å². The summed E-state index contributed by atoms with van der Waals surface area (Å²) in [6.45, 7) is 0. The predicted molar refractivity (Wildman–Crippen MR) is 116 cm³/mol. The third-order valence-electron chi connectivity index (χ3n) is 6.04. The first-order valence-corrected chi connectivity index (χ1v) is 9.84. The van der Waals surface area contributed by atoms with Crippen LogP contribution in [0.15, 0.2) is 109 Å². The summed E-state index contributed by atoms with van der Waals surface area (Å²) in [6, 6.07) is 37.3. The van der Waals surface area contributed by atoms with Crippen molar-refractivity contribution in [2.24, 2.45) is 0 Å². The van der Waals surface area contributed by atoms with Crippen LogP contribution in [0.1, 0.15) is 33.7 Å². The number of rotatable bonds is 2. The third kappa shape index (κ3) is 2.15. The average molecular weight is 355 g/mol. The van der Waals surface area contributed by atoms with Crippen LogP contribution in [0.4, 0.5) is 0 Å². The van der Waals surface area contributed by atoms with E-state index in [0.29, 0.717) is 0 Å². The molecule has 0 amide bonds. The summed E-state index contributed by atoms with van der Waals surface area (Å²) < 4.78 is 0. The average Bonchev–Trinajstić information content (AvgIpc) is 3.30. The van der Waals surface area contributed by atoms with E-state index in [0.717, 1.165) is 0 Å². The normalized spacial score (nSPS) is 16.4. The Bertz CT molecular complexity index is 1170. The second-order valence-corrected chi connectivity index (χ2v) is 7.52. The van der Waals surface area contributed by atoms with Crippen LogP contribution in [0, 0.1) is 5.92 Å². The molecule has 0 heterocycles. The Labute approximate surface area is 165 Å². The molecule has 0 heteroatoms. The van der Waals surface area contributed by atoms with Crippen LogP contribution in [-0.4, -0.2) is 0 Å². The topological polar surface area (TPSA) is 0 Å². The van der Waals surface area contributed by atoms with Crippen LogP contribution in [0.3, 0.4) is 0 Å². The summed E-state index contributed by atoms with van der Waals surface area (Å²) in [5, 5.41) is 0. The van der Waals surface area contributed by atoms with Crippen molar-refractivity contribution in [3.05, 3.63) is 143 Å². The first-order chi connectivity index (χ1) is 13.9.